The van der Waals surface area contributed by atoms with Crippen LogP contribution in [0.15, 0.2) is 60.7 Å². The quantitative estimate of drug-likeness (QED) is 0.496. The monoisotopic (exact) mass is 370 g/mol. The van der Waals surface area contributed by atoms with Gasteiger partial charge in [-0.05, 0) is 38.1 Å². The Kier molecular flexibility index (Phi) is 4.86. The van der Waals surface area contributed by atoms with Gasteiger partial charge in [-0.2, -0.15) is 0 Å². The largest absolute Gasteiger partial charge is 0.371 e. The number of rotatable bonds is 5. The summed E-state index contributed by atoms with van der Waals surface area (Å²) in [5.41, 5.74) is 6.58. The molecule has 2 aromatic heterocycles. The molecule has 0 aliphatic carbocycles. The Labute approximate surface area is 166 Å². The fourth-order valence-corrected chi connectivity index (χ4v) is 3.72. The Morgan fingerprint density at radius 1 is 0.643 bits per heavy atom. The second kappa shape index (κ2) is 7.47. The van der Waals surface area contributed by atoms with Crippen molar-refractivity contribution in [2.24, 2.45) is 0 Å². The van der Waals surface area contributed by atoms with E-state index in [9.17, 15) is 0 Å². The maximum absolute atomic E-state index is 4.76. The van der Waals surface area contributed by atoms with Crippen molar-refractivity contribution in [1.82, 2.24) is 9.97 Å². The van der Waals surface area contributed by atoms with Crippen molar-refractivity contribution in [3.05, 3.63) is 72.1 Å². The van der Waals surface area contributed by atoms with Gasteiger partial charge in [0, 0.05) is 38.0 Å². The van der Waals surface area contributed by atoms with E-state index in [4.69, 9.17) is 9.97 Å². The minimum Gasteiger partial charge on any atom is -0.371 e. The number of hydrogen-bond donors (Lipinski definition) is 0. The smallest absolute Gasteiger partial charge is 0.0706 e. The lowest BCUT2D eigenvalue weighted by molar-refractivity contribution is 0.825. The van der Waals surface area contributed by atoms with Gasteiger partial charge >= 0.3 is 0 Å². The summed E-state index contributed by atoms with van der Waals surface area (Å²) in [5, 5.41) is 2.36. The van der Waals surface area contributed by atoms with E-state index in [-0.39, 0.29) is 0 Å². The summed E-state index contributed by atoms with van der Waals surface area (Å²) in [4.78, 5) is 14.1. The second-order valence-electron chi connectivity index (χ2n) is 7.41. The van der Waals surface area contributed by atoms with Crippen LogP contribution >= 0.6 is 0 Å². The summed E-state index contributed by atoms with van der Waals surface area (Å²) in [7, 11) is 4.27. The number of pyridine rings is 2. The summed E-state index contributed by atoms with van der Waals surface area (Å²) >= 11 is 0. The van der Waals surface area contributed by atoms with E-state index in [0.29, 0.717) is 0 Å². The molecule has 4 rings (SSSR count). The van der Waals surface area contributed by atoms with Gasteiger partial charge in [-0.1, -0.05) is 36.4 Å². The lowest BCUT2D eigenvalue weighted by Gasteiger charge is -2.27. The zero-order valence-electron chi connectivity index (χ0n) is 17.0. The second-order valence-corrected chi connectivity index (χ2v) is 7.41. The van der Waals surface area contributed by atoms with Crippen molar-refractivity contribution >= 4 is 33.2 Å². The molecule has 0 bridgehead atoms. The van der Waals surface area contributed by atoms with Crippen LogP contribution in [0.1, 0.15) is 11.4 Å². The van der Waals surface area contributed by atoms with Crippen molar-refractivity contribution in [1.29, 1.82) is 0 Å². The Bertz CT molecular complexity index is 1040. The highest BCUT2D eigenvalue weighted by molar-refractivity contribution is 5.83. The van der Waals surface area contributed by atoms with Crippen molar-refractivity contribution < 1.29 is 0 Å². The Morgan fingerprint density at radius 3 is 1.46 bits per heavy atom. The van der Waals surface area contributed by atoms with Crippen LogP contribution in [0.2, 0.25) is 0 Å². The maximum atomic E-state index is 4.76. The van der Waals surface area contributed by atoms with E-state index in [0.717, 1.165) is 35.5 Å². The summed E-state index contributed by atoms with van der Waals surface area (Å²) in [6.07, 6.45) is 0. The van der Waals surface area contributed by atoms with Gasteiger partial charge in [-0.15, -0.1) is 0 Å². The average molecular weight is 371 g/mol. The molecule has 0 fully saturated rings. The first-order chi connectivity index (χ1) is 13.5. The van der Waals surface area contributed by atoms with Gasteiger partial charge in [0.05, 0.1) is 33.8 Å². The molecule has 0 aliphatic heterocycles. The van der Waals surface area contributed by atoms with Crippen LogP contribution in [0.3, 0.4) is 0 Å². The molecule has 0 saturated carbocycles. The molecule has 4 aromatic rings. The standard InChI is InChI=1S/C24H26N4/c1-17-23(15-19-9-5-7-11-21(19)25-17)27(3)13-14-28(4)24-16-20-10-6-8-12-22(20)26-18(24)2/h5-12,15-16H,13-14H2,1-4H3. The molecule has 0 amide bonds. The lowest BCUT2D eigenvalue weighted by atomic mass is 10.1. The minimum absolute atomic E-state index is 0.906. The van der Waals surface area contributed by atoms with Crippen LogP contribution < -0.4 is 9.80 Å². The molecule has 4 nitrogen and oxygen atoms in total. The van der Waals surface area contributed by atoms with E-state index < -0.39 is 0 Å². The molecule has 0 aliphatic rings. The predicted molar refractivity (Wildman–Crippen MR) is 120 cm³/mol. The zero-order chi connectivity index (χ0) is 19.7. The molecule has 4 heteroatoms. The molecule has 2 heterocycles. The number of hydrogen-bond acceptors (Lipinski definition) is 4. The summed E-state index contributed by atoms with van der Waals surface area (Å²) in [6.45, 7) is 5.98. The molecule has 2 aromatic carbocycles. The number of para-hydroxylation sites is 2. The Hall–Kier alpha value is -3.14. The van der Waals surface area contributed by atoms with Gasteiger partial charge in [0.15, 0.2) is 0 Å². The molecular weight excluding hydrogens is 344 g/mol. The molecule has 0 saturated heterocycles. The van der Waals surface area contributed by atoms with Gasteiger partial charge < -0.3 is 9.80 Å². The van der Waals surface area contributed by atoms with Crippen LogP contribution in [0, 0.1) is 13.8 Å². The normalized spacial score (nSPS) is 11.1. The van der Waals surface area contributed by atoms with Gasteiger partial charge in [0.1, 0.15) is 0 Å². The minimum atomic E-state index is 0.906. The summed E-state index contributed by atoms with van der Waals surface area (Å²) in [5.74, 6) is 0. The van der Waals surface area contributed by atoms with Crippen molar-refractivity contribution in [3.63, 3.8) is 0 Å². The van der Waals surface area contributed by atoms with Crippen LogP contribution in [-0.2, 0) is 0 Å². The molecule has 0 atom stereocenters. The highest BCUT2D eigenvalue weighted by Crippen LogP contribution is 2.25. The first-order valence-electron chi connectivity index (χ1n) is 9.68. The number of nitrogens with zero attached hydrogens (tertiary/aromatic N) is 4. The number of anilines is 2. The van der Waals surface area contributed by atoms with Crippen LogP contribution in [0.25, 0.3) is 21.8 Å². The van der Waals surface area contributed by atoms with Crippen LogP contribution in [0.5, 0.6) is 0 Å². The fourth-order valence-electron chi connectivity index (χ4n) is 3.72. The molecular formula is C24H26N4. The first-order valence-corrected chi connectivity index (χ1v) is 9.68. The fraction of sp³-hybridized carbons (Fsp3) is 0.250. The van der Waals surface area contributed by atoms with Crippen molar-refractivity contribution in [2.75, 3.05) is 37.0 Å². The zero-order valence-corrected chi connectivity index (χ0v) is 17.0. The molecule has 28 heavy (non-hydrogen) atoms. The third kappa shape index (κ3) is 3.50. The Morgan fingerprint density at radius 2 is 1.04 bits per heavy atom. The number of benzene rings is 2. The molecule has 0 N–H and O–H groups in total. The van der Waals surface area contributed by atoms with Crippen LogP contribution in [-0.4, -0.2) is 37.2 Å². The molecule has 0 unspecified atom stereocenters. The molecule has 0 spiro atoms. The first kappa shape index (κ1) is 18.2. The van der Waals surface area contributed by atoms with Gasteiger partial charge in [-0.25, -0.2) is 0 Å². The van der Waals surface area contributed by atoms with Gasteiger partial charge in [-0.3, -0.25) is 9.97 Å². The van der Waals surface area contributed by atoms with Crippen LogP contribution in [0.4, 0.5) is 11.4 Å². The van der Waals surface area contributed by atoms with E-state index in [1.165, 1.54) is 22.1 Å². The van der Waals surface area contributed by atoms with E-state index in [2.05, 4.69) is 86.3 Å². The van der Waals surface area contributed by atoms with Gasteiger partial charge in [0.25, 0.3) is 0 Å². The molecule has 0 radical (unpaired) electrons. The average Bonchev–Trinajstić information content (AvgIpc) is 2.70. The lowest BCUT2D eigenvalue weighted by Crippen LogP contribution is -2.31. The maximum Gasteiger partial charge on any atom is 0.0706 e. The number of aryl methyl sites for hydroxylation is 2. The third-order valence-corrected chi connectivity index (χ3v) is 5.37. The number of aromatic nitrogens is 2. The number of fused-ring (bicyclic) bond motifs is 2. The topological polar surface area (TPSA) is 32.3 Å². The predicted octanol–water partition coefficient (Wildman–Crippen LogP) is 4.97. The summed E-state index contributed by atoms with van der Waals surface area (Å²) < 4.78 is 0. The SMILES string of the molecule is Cc1nc2ccccc2cc1N(C)CCN(C)c1cc2ccccc2nc1C. The highest BCUT2D eigenvalue weighted by Gasteiger charge is 2.11. The van der Waals surface area contributed by atoms with E-state index >= 15 is 0 Å². The van der Waals surface area contributed by atoms with Crippen molar-refractivity contribution in [2.45, 2.75) is 13.8 Å². The highest BCUT2D eigenvalue weighted by atomic mass is 15.2. The third-order valence-electron chi connectivity index (χ3n) is 5.37. The van der Waals surface area contributed by atoms with Gasteiger partial charge in [0.2, 0.25) is 0 Å². The number of likely N-dealkylation sites (N-methyl/N-ethyl adjacent to an activating group) is 2. The Balaban J connectivity index is 1.52. The van der Waals surface area contributed by atoms with E-state index in [1.807, 2.05) is 12.1 Å². The van der Waals surface area contributed by atoms with E-state index in [1.54, 1.807) is 0 Å². The summed E-state index contributed by atoms with van der Waals surface area (Å²) in [6, 6.07) is 21.0. The molecule has 142 valence electrons. The van der Waals surface area contributed by atoms with Crippen molar-refractivity contribution in [3.8, 4) is 0 Å².